The van der Waals surface area contributed by atoms with Gasteiger partial charge in [0.1, 0.15) is 11.6 Å². The Morgan fingerprint density at radius 2 is 2.00 bits per heavy atom. The summed E-state index contributed by atoms with van der Waals surface area (Å²) in [4.78, 5) is 2.36. The predicted octanol–water partition coefficient (Wildman–Crippen LogP) is 4.72. The molecule has 0 aliphatic carbocycles. The summed E-state index contributed by atoms with van der Waals surface area (Å²) in [5.41, 5.74) is 2.81. The van der Waals surface area contributed by atoms with Gasteiger partial charge in [-0.25, -0.2) is 4.39 Å². The van der Waals surface area contributed by atoms with E-state index < -0.39 is 0 Å². The van der Waals surface area contributed by atoms with Crippen molar-refractivity contribution in [3.63, 3.8) is 0 Å². The zero-order valence-electron chi connectivity index (χ0n) is 15.5. The number of likely N-dealkylation sites (tertiary alicyclic amines) is 1. The first-order chi connectivity index (χ1) is 12.7. The van der Waals surface area contributed by atoms with Gasteiger partial charge in [-0.3, -0.25) is 4.90 Å². The number of likely N-dealkylation sites (N-methyl/N-ethyl adjacent to an activating group) is 1. The van der Waals surface area contributed by atoms with Crippen LogP contribution in [0.4, 0.5) is 4.39 Å². The topological polar surface area (TPSA) is 21.7 Å². The van der Waals surface area contributed by atoms with Crippen molar-refractivity contribution in [2.24, 2.45) is 0 Å². The molecule has 0 radical (unpaired) electrons. The van der Waals surface area contributed by atoms with Gasteiger partial charge in [0, 0.05) is 18.7 Å². The number of methoxy groups -OCH3 is 1. The fourth-order valence-corrected chi connectivity index (χ4v) is 3.42. The van der Waals surface area contributed by atoms with Gasteiger partial charge >= 0.3 is 0 Å². The van der Waals surface area contributed by atoms with Crippen LogP contribution in [0.1, 0.15) is 30.4 Å². The van der Waals surface area contributed by atoms with Crippen LogP contribution in [0.3, 0.4) is 0 Å². The zero-order chi connectivity index (χ0) is 18.4. The summed E-state index contributed by atoms with van der Waals surface area (Å²) in [6, 6.07) is 15.1. The van der Waals surface area contributed by atoms with Crippen LogP contribution in [0.25, 0.3) is 5.57 Å². The van der Waals surface area contributed by atoms with Gasteiger partial charge in [-0.05, 0) is 55.8 Å². The molecular weight excluding hydrogens is 329 g/mol. The smallest absolute Gasteiger partial charge is 0.188 e. The second kappa shape index (κ2) is 8.97. The van der Waals surface area contributed by atoms with Crippen molar-refractivity contribution >= 4 is 5.57 Å². The van der Waals surface area contributed by atoms with E-state index in [1.165, 1.54) is 18.9 Å². The summed E-state index contributed by atoms with van der Waals surface area (Å²) < 4.78 is 24.8. The second-order valence-corrected chi connectivity index (χ2v) is 6.68. The lowest BCUT2D eigenvalue weighted by atomic mass is 9.92. The molecule has 1 heterocycles. The number of hydrogen-bond donors (Lipinski definition) is 0. The van der Waals surface area contributed by atoms with E-state index in [-0.39, 0.29) is 12.6 Å². The van der Waals surface area contributed by atoms with Crippen LogP contribution in [0.5, 0.6) is 5.75 Å². The lowest BCUT2D eigenvalue weighted by Gasteiger charge is -2.31. The van der Waals surface area contributed by atoms with Crippen molar-refractivity contribution in [1.29, 1.82) is 0 Å². The molecule has 1 atom stereocenters. The monoisotopic (exact) mass is 355 g/mol. The first-order valence-corrected chi connectivity index (χ1v) is 9.08. The Morgan fingerprint density at radius 3 is 2.73 bits per heavy atom. The van der Waals surface area contributed by atoms with Crippen molar-refractivity contribution in [2.45, 2.75) is 25.3 Å². The largest absolute Gasteiger partial charge is 0.467 e. The number of ether oxygens (including phenoxy) is 2. The highest BCUT2D eigenvalue weighted by Gasteiger charge is 2.20. The van der Waals surface area contributed by atoms with E-state index in [0.717, 1.165) is 29.7 Å². The number of benzene rings is 2. The third kappa shape index (κ3) is 4.51. The minimum atomic E-state index is -0.274. The Morgan fingerprint density at radius 1 is 1.19 bits per heavy atom. The van der Waals surface area contributed by atoms with E-state index in [1.807, 2.05) is 18.2 Å². The van der Waals surface area contributed by atoms with E-state index in [0.29, 0.717) is 11.8 Å². The zero-order valence-corrected chi connectivity index (χ0v) is 15.5. The summed E-state index contributed by atoms with van der Waals surface area (Å²) >= 11 is 0. The molecule has 1 fully saturated rings. The molecular formula is C22H26FNO2. The summed E-state index contributed by atoms with van der Waals surface area (Å²) in [7, 11) is 3.73. The average Bonchev–Trinajstić information content (AvgIpc) is 2.67. The van der Waals surface area contributed by atoms with Gasteiger partial charge in [-0.2, -0.15) is 0 Å². The molecule has 0 spiro atoms. The van der Waals surface area contributed by atoms with Crippen LogP contribution >= 0.6 is 0 Å². The Kier molecular flexibility index (Phi) is 6.42. The number of rotatable bonds is 6. The molecule has 0 amide bonds. The summed E-state index contributed by atoms with van der Waals surface area (Å²) in [6.45, 7) is 1.21. The Hall–Kier alpha value is -2.17. The first-order valence-electron chi connectivity index (χ1n) is 9.08. The number of piperidine rings is 1. The summed E-state index contributed by atoms with van der Waals surface area (Å²) in [5.74, 6) is 0.352. The van der Waals surface area contributed by atoms with E-state index in [9.17, 15) is 4.39 Å². The van der Waals surface area contributed by atoms with E-state index in [1.54, 1.807) is 19.2 Å². The van der Waals surface area contributed by atoms with Crippen molar-refractivity contribution in [3.05, 3.63) is 71.6 Å². The normalized spacial score (nSPS) is 18.7. The molecule has 0 aromatic heterocycles. The quantitative estimate of drug-likeness (QED) is 0.700. The third-order valence-corrected chi connectivity index (χ3v) is 4.83. The highest BCUT2D eigenvalue weighted by Crippen LogP contribution is 2.33. The van der Waals surface area contributed by atoms with E-state index >= 15 is 0 Å². The molecule has 1 saturated heterocycles. The molecule has 1 aliphatic heterocycles. The van der Waals surface area contributed by atoms with Crippen molar-refractivity contribution in [3.8, 4) is 5.75 Å². The minimum Gasteiger partial charge on any atom is -0.467 e. The maximum atomic E-state index is 14.1. The molecule has 2 aromatic rings. The third-order valence-electron chi connectivity index (χ3n) is 4.83. The van der Waals surface area contributed by atoms with Crippen LogP contribution in [0.15, 0.2) is 54.6 Å². The van der Waals surface area contributed by atoms with Crippen LogP contribution in [0.2, 0.25) is 0 Å². The molecule has 3 nitrogen and oxygen atoms in total. The molecule has 26 heavy (non-hydrogen) atoms. The van der Waals surface area contributed by atoms with Crippen LogP contribution < -0.4 is 4.74 Å². The van der Waals surface area contributed by atoms with Crippen LogP contribution in [-0.4, -0.2) is 38.4 Å². The van der Waals surface area contributed by atoms with Gasteiger partial charge in [0.2, 0.25) is 0 Å². The van der Waals surface area contributed by atoms with Crippen molar-refractivity contribution in [1.82, 2.24) is 4.90 Å². The van der Waals surface area contributed by atoms with Gasteiger partial charge in [-0.15, -0.1) is 0 Å². The number of nitrogens with zero attached hydrogens (tertiary/aromatic N) is 1. The molecule has 1 unspecified atom stereocenters. The van der Waals surface area contributed by atoms with Crippen LogP contribution in [-0.2, 0) is 4.74 Å². The molecule has 2 aromatic carbocycles. The Bertz CT molecular complexity index is 745. The van der Waals surface area contributed by atoms with Gasteiger partial charge in [0.25, 0.3) is 0 Å². The second-order valence-electron chi connectivity index (χ2n) is 6.68. The van der Waals surface area contributed by atoms with E-state index in [4.69, 9.17) is 9.47 Å². The van der Waals surface area contributed by atoms with Gasteiger partial charge in [0.05, 0.1) is 0 Å². The Balaban J connectivity index is 2.08. The molecule has 3 rings (SSSR count). The predicted molar refractivity (Wildman–Crippen MR) is 103 cm³/mol. The maximum absolute atomic E-state index is 14.1. The molecule has 0 saturated carbocycles. The standard InChI is InChI=1S/C22H26FNO2/c1-24-13-7-6-10-19(24)15-20(17-8-4-3-5-9-17)21-14-18(23)11-12-22(21)26-16-25-2/h3-5,8-9,11-12,14-15,19H,6-7,10,13,16H2,1-2H3/b20-15+. The van der Waals surface area contributed by atoms with Crippen molar-refractivity contribution in [2.75, 3.05) is 27.5 Å². The maximum Gasteiger partial charge on any atom is 0.188 e. The van der Waals surface area contributed by atoms with Gasteiger partial charge in [-0.1, -0.05) is 42.8 Å². The SMILES string of the molecule is COCOc1ccc(F)cc1/C(=C/C1CCCCN1C)c1ccccc1. The summed E-state index contributed by atoms with van der Waals surface area (Å²) in [5, 5.41) is 0. The van der Waals surface area contributed by atoms with Gasteiger partial charge in [0.15, 0.2) is 6.79 Å². The molecule has 1 aliphatic rings. The fraction of sp³-hybridized carbons (Fsp3) is 0.364. The number of hydrogen-bond acceptors (Lipinski definition) is 3. The number of halogens is 1. The molecule has 138 valence electrons. The molecule has 0 N–H and O–H groups in total. The highest BCUT2D eigenvalue weighted by molar-refractivity contribution is 5.83. The molecule has 0 bridgehead atoms. The van der Waals surface area contributed by atoms with Gasteiger partial charge < -0.3 is 9.47 Å². The fourth-order valence-electron chi connectivity index (χ4n) is 3.42. The minimum absolute atomic E-state index is 0.129. The highest BCUT2D eigenvalue weighted by atomic mass is 19.1. The van der Waals surface area contributed by atoms with E-state index in [2.05, 4.69) is 30.2 Å². The molecule has 4 heteroatoms. The van der Waals surface area contributed by atoms with Crippen LogP contribution in [0, 0.1) is 5.82 Å². The first kappa shape index (κ1) is 18.6. The lowest BCUT2D eigenvalue weighted by molar-refractivity contribution is 0.0508. The van der Waals surface area contributed by atoms with Crippen molar-refractivity contribution < 1.29 is 13.9 Å². The summed E-state index contributed by atoms with van der Waals surface area (Å²) in [6.07, 6.45) is 5.80. The Labute approximate surface area is 155 Å². The average molecular weight is 355 g/mol. The lowest BCUT2D eigenvalue weighted by Crippen LogP contribution is -2.34.